The van der Waals surface area contributed by atoms with Crippen molar-refractivity contribution in [2.75, 3.05) is 0 Å². The molecular formula is C14H16N2O. The highest BCUT2D eigenvalue weighted by molar-refractivity contribution is 5.34. The first-order chi connectivity index (χ1) is 8.19. The molecule has 0 bridgehead atoms. The van der Waals surface area contributed by atoms with Crippen LogP contribution in [-0.2, 0) is 6.42 Å². The number of aryl methyl sites for hydroxylation is 3. The molecule has 3 nitrogen and oxygen atoms in total. The van der Waals surface area contributed by atoms with Crippen molar-refractivity contribution in [1.82, 2.24) is 9.97 Å². The maximum absolute atomic E-state index is 5.79. The van der Waals surface area contributed by atoms with Crippen LogP contribution in [0, 0.1) is 13.8 Å². The lowest BCUT2D eigenvalue weighted by atomic mass is 10.2. The highest BCUT2D eigenvalue weighted by atomic mass is 16.5. The van der Waals surface area contributed by atoms with Crippen LogP contribution in [0.25, 0.3) is 0 Å². The maximum atomic E-state index is 5.79. The van der Waals surface area contributed by atoms with Gasteiger partial charge in [0.05, 0.1) is 5.69 Å². The smallest absolute Gasteiger partial charge is 0.148 e. The summed E-state index contributed by atoms with van der Waals surface area (Å²) in [5.74, 6) is 1.60. The predicted molar refractivity (Wildman–Crippen MR) is 67.4 cm³/mol. The molecule has 0 aliphatic heterocycles. The first kappa shape index (κ1) is 11.6. The molecule has 17 heavy (non-hydrogen) atoms. The minimum Gasteiger partial charge on any atom is -0.455 e. The summed E-state index contributed by atoms with van der Waals surface area (Å²) < 4.78 is 5.79. The van der Waals surface area contributed by atoms with Gasteiger partial charge in [-0.25, -0.2) is 0 Å². The summed E-state index contributed by atoms with van der Waals surface area (Å²) in [6, 6.07) is 7.72. The van der Waals surface area contributed by atoms with Gasteiger partial charge in [0.2, 0.25) is 0 Å². The first-order valence-electron chi connectivity index (χ1n) is 5.76. The Morgan fingerprint density at radius 2 is 2.00 bits per heavy atom. The summed E-state index contributed by atoms with van der Waals surface area (Å²) >= 11 is 0. The van der Waals surface area contributed by atoms with E-state index in [0.717, 1.165) is 35.0 Å². The van der Waals surface area contributed by atoms with Gasteiger partial charge in [-0.3, -0.25) is 9.97 Å². The van der Waals surface area contributed by atoms with E-state index in [1.54, 1.807) is 6.20 Å². The Morgan fingerprint density at radius 1 is 1.18 bits per heavy atom. The largest absolute Gasteiger partial charge is 0.455 e. The highest BCUT2D eigenvalue weighted by Crippen LogP contribution is 2.24. The normalized spacial score (nSPS) is 10.3. The number of pyridine rings is 2. The van der Waals surface area contributed by atoms with E-state index < -0.39 is 0 Å². The molecule has 2 heterocycles. The van der Waals surface area contributed by atoms with E-state index in [1.807, 2.05) is 38.1 Å². The average Bonchev–Trinajstić information content (AvgIpc) is 2.32. The van der Waals surface area contributed by atoms with Crippen LogP contribution < -0.4 is 4.74 Å². The van der Waals surface area contributed by atoms with Gasteiger partial charge < -0.3 is 4.74 Å². The molecule has 0 aliphatic rings. The Bertz CT molecular complexity index is 523. The molecule has 0 atom stereocenters. The van der Waals surface area contributed by atoms with E-state index in [9.17, 15) is 0 Å². The molecule has 2 aromatic heterocycles. The molecule has 0 fully saturated rings. The second kappa shape index (κ2) is 4.95. The molecule has 0 radical (unpaired) electrons. The van der Waals surface area contributed by atoms with E-state index in [0.29, 0.717) is 0 Å². The Kier molecular flexibility index (Phi) is 3.38. The van der Waals surface area contributed by atoms with E-state index in [1.165, 1.54) is 0 Å². The first-order valence-corrected chi connectivity index (χ1v) is 5.76. The van der Waals surface area contributed by atoms with Crippen molar-refractivity contribution in [1.29, 1.82) is 0 Å². The van der Waals surface area contributed by atoms with Crippen LogP contribution in [0.2, 0.25) is 0 Å². The van der Waals surface area contributed by atoms with Crippen molar-refractivity contribution in [3.05, 3.63) is 47.5 Å². The Morgan fingerprint density at radius 3 is 2.65 bits per heavy atom. The predicted octanol–water partition coefficient (Wildman–Crippen LogP) is 3.45. The third kappa shape index (κ3) is 2.81. The van der Waals surface area contributed by atoms with Crippen LogP contribution in [0.15, 0.2) is 30.5 Å². The number of ether oxygens (including phenoxy) is 1. The molecule has 0 amide bonds. The van der Waals surface area contributed by atoms with Crippen molar-refractivity contribution in [3.8, 4) is 11.5 Å². The van der Waals surface area contributed by atoms with E-state index >= 15 is 0 Å². The fourth-order valence-corrected chi connectivity index (χ4v) is 1.62. The second-order valence-electron chi connectivity index (χ2n) is 3.97. The molecule has 0 aromatic carbocycles. The van der Waals surface area contributed by atoms with Crippen molar-refractivity contribution in [2.45, 2.75) is 27.2 Å². The SMILES string of the molecule is CCc1ccc(Oc2ccnc(C)c2)c(C)n1. The molecule has 0 unspecified atom stereocenters. The number of hydrogen-bond acceptors (Lipinski definition) is 3. The zero-order chi connectivity index (χ0) is 12.3. The van der Waals surface area contributed by atoms with Gasteiger partial charge in [0, 0.05) is 23.7 Å². The summed E-state index contributed by atoms with van der Waals surface area (Å²) in [6.45, 7) is 6.00. The van der Waals surface area contributed by atoms with Gasteiger partial charge >= 0.3 is 0 Å². The van der Waals surface area contributed by atoms with Crippen molar-refractivity contribution < 1.29 is 4.74 Å². The molecular weight excluding hydrogens is 212 g/mol. The molecule has 0 aliphatic carbocycles. The lowest BCUT2D eigenvalue weighted by Crippen LogP contribution is -1.94. The number of hydrogen-bond donors (Lipinski definition) is 0. The van der Waals surface area contributed by atoms with Crippen LogP contribution in [0.1, 0.15) is 24.0 Å². The number of aromatic nitrogens is 2. The van der Waals surface area contributed by atoms with E-state index in [4.69, 9.17) is 4.74 Å². The topological polar surface area (TPSA) is 35.0 Å². The van der Waals surface area contributed by atoms with Crippen molar-refractivity contribution >= 4 is 0 Å². The zero-order valence-electron chi connectivity index (χ0n) is 10.4. The third-order valence-corrected chi connectivity index (χ3v) is 2.55. The molecule has 2 aromatic rings. The molecule has 0 spiro atoms. The summed E-state index contributed by atoms with van der Waals surface area (Å²) in [5, 5.41) is 0. The second-order valence-corrected chi connectivity index (χ2v) is 3.97. The standard InChI is InChI=1S/C14H16N2O/c1-4-12-5-6-14(11(3)16-12)17-13-7-8-15-10(2)9-13/h5-9H,4H2,1-3H3. The lowest BCUT2D eigenvalue weighted by Gasteiger charge is -2.09. The minimum atomic E-state index is 0.798. The number of rotatable bonds is 3. The van der Waals surface area contributed by atoms with Gasteiger partial charge in [-0.05, 0) is 38.5 Å². The van der Waals surface area contributed by atoms with Gasteiger partial charge in [0.15, 0.2) is 0 Å². The maximum Gasteiger partial charge on any atom is 0.148 e. The van der Waals surface area contributed by atoms with Gasteiger partial charge in [0.25, 0.3) is 0 Å². The lowest BCUT2D eigenvalue weighted by molar-refractivity contribution is 0.474. The zero-order valence-corrected chi connectivity index (χ0v) is 10.4. The van der Waals surface area contributed by atoms with E-state index in [2.05, 4.69) is 16.9 Å². The molecule has 3 heteroatoms. The van der Waals surface area contributed by atoms with Crippen LogP contribution in [0.5, 0.6) is 11.5 Å². The van der Waals surface area contributed by atoms with Crippen LogP contribution >= 0.6 is 0 Å². The Balaban J connectivity index is 2.24. The summed E-state index contributed by atoms with van der Waals surface area (Å²) in [7, 11) is 0. The van der Waals surface area contributed by atoms with Gasteiger partial charge in [-0.15, -0.1) is 0 Å². The quantitative estimate of drug-likeness (QED) is 0.807. The number of nitrogens with zero attached hydrogens (tertiary/aromatic N) is 2. The minimum absolute atomic E-state index is 0.798. The van der Waals surface area contributed by atoms with Crippen LogP contribution in [0.3, 0.4) is 0 Å². The van der Waals surface area contributed by atoms with Crippen LogP contribution in [-0.4, -0.2) is 9.97 Å². The summed E-state index contributed by atoms with van der Waals surface area (Å²) in [5.41, 5.74) is 2.94. The average molecular weight is 228 g/mol. The van der Waals surface area contributed by atoms with Crippen LogP contribution in [0.4, 0.5) is 0 Å². The molecule has 0 saturated heterocycles. The van der Waals surface area contributed by atoms with Gasteiger partial charge in [-0.1, -0.05) is 6.92 Å². The molecule has 88 valence electrons. The van der Waals surface area contributed by atoms with Gasteiger partial charge in [-0.2, -0.15) is 0 Å². The fourth-order valence-electron chi connectivity index (χ4n) is 1.62. The van der Waals surface area contributed by atoms with E-state index in [-0.39, 0.29) is 0 Å². The summed E-state index contributed by atoms with van der Waals surface area (Å²) in [6.07, 6.45) is 2.68. The fraction of sp³-hybridized carbons (Fsp3) is 0.286. The third-order valence-electron chi connectivity index (χ3n) is 2.55. The van der Waals surface area contributed by atoms with Gasteiger partial charge in [0.1, 0.15) is 11.5 Å². The highest BCUT2D eigenvalue weighted by Gasteiger charge is 2.04. The van der Waals surface area contributed by atoms with Crippen molar-refractivity contribution in [2.24, 2.45) is 0 Å². The molecule has 2 rings (SSSR count). The summed E-state index contributed by atoms with van der Waals surface area (Å²) in [4.78, 5) is 8.61. The molecule has 0 saturated carbocycles. The molecule has 0 N–H and O–H groups in total. The monoisotopic (exact) mass is 228 g/mol. The Hall–Kier alpha value is -1.90. The van der Waals surface area contributed by atoms with Crippen molar-refractivity contribution in [3.63, 3.8) is 0 Å². The Labute approximate surface area is 102 Å².